The van der Waals surface area contributed by atoms with Crippen molar-refractivity contribution in [3.63, 3.8) is 0 Å². The van der Waals surface area contributed by atoms with E-state index < -0.39 is 10.0 Å². The second kappa shape index (κ2) is 6.20. The van der Waals surface area contributed by atoms with Crippen molar-refractivity contribution in [1.29, 1.82) is 0 Å². The molecule has 3 rings (SSSR count). The number of benzene rings is 1. The molecule has 1 fully saturated rings. The van der Waals surface area contributed by atoms with Crippen LogP contribution >= 0.6 is 27.3 Å². The Labute approximate surface area is 137 Å². The highest BCUT2D eigenvalue weighted by Gasteiger charge is 2.30. The van der Waals surface area contributed by atoms with E-state index in [4.69, 9.17) is 0 Å². The average Bonchev–Trinajstić information content (AvgIpc) is 2.96. The van der Waals surface area contributed by atoms with Crippen LogP contribution < -0.4 is 0 Å². The number of hydrogen-bond donors (Lipinski definition) is 0. The van der Waals surface area contributed by atoms with Crippen molar-refractivity contribution in [3.8, 4) is 0 Å². The maximum absolute atomic E-state index is 12.6. The van der Waals surface area contributed by atoms with Gasteiger partial charge in [-0.05, 0) is 52.4 Å². The molecule has 1 aliphatic heterocycles. The van der Waals surface area contributed by atoms with Crippen LogP contribution in [0.25, 0.3) is 0 Å². The number of hydrogen-bond acceptors (Lipinski definition) is 3. The van der Waals surface area contributed by atoms with Gasteiger partial charge in [0.1, 0.15) is 4.21 Å². The predicted octanol–water partition coefficient (Wildman–Crippen LogP) is 4.08. The van der Waals surface area contributed by atoms with Gasteiger partial charge in [0.15, 0.2) is 0 Å². The molecule has 1 aromatic carbocycles. The fourth-order valence-corrected chi connectivity index (χ4v) is 6.35. The summed E-state index contributed by atoms with van der Waals surface area (Å²) in [5.41, 5.74) is 1.31. The first-order valence-corrected chi connectivity index (χ1v) is 9.93. The van der Waals surface area contributed by atoms with Gasteiger partial charge in [0.2, 0.25) is 0 Å². The summed E-state index contributed by atoms with van der Waals surface area (Å²) in [6.45, 7) is 1.19. The lowest BCUT2D eigenvalue weighted by atomic mass is 9.90. The van der Waals surface area contributed by atoms with Gasteiger partial charge in [0.05, 0.1) is 3.79 Å². The van der Waals surface area contributed by atoms with Gasteiger partial charge >= 0.3 is 0 Å². The van der Waals surface area contributed by atoms with Crippen LogP contribution in [0.5, 0.6) is 0 Å². The summed E-state index contributed by atoms with van der Waals surface area (Å²) in [7, 11) is -3.32. The molecule has 6 heteroatoms. The van der Waals surface area contributed by atoms with Gasteiger partial charge in [0, 0.05) is 13.1 Å². The first-order chi connectivity index (χ1) is 10.1. The van der Waals surface area contributed by atoms with Gasteiger partial charge in [-0.25, -0.2) is 8.42 Å². The van der Waals surface area contributed by atoms with Crippen molar-refractivity contribution in [2.45, 2.75) is 23.0 Å². The minimum Gasteiger partial charge on any atom is -0.206 e. The molecule has 1 saturated heterocycles. The molecule has 0 atom stereocenters. The highest BCUT2D eigenvalue weighted by atomic mass is 79.9. The number of rotatable bonds is 3. The van der Waals surface area contributed by atoms with Crippen molar-refractivity contribution in [3.05, 3.63) is 51.8 Å². The quantitative estimate of drug-likeness (QED) is 0.797. The summed E-state index contributed by atoms with van der Waals surface area (Å²) in [5, 5.41) is 0. The fourth-order valence-electron chi connectivity index (χ4n) is 2.72. The molecule has 0 aliphatic carbocycles. The third-order valence-electron chi connectivity index (χ3n) is 3.87. The Hall–Kier alpha value is -0.690. The van der Waals surface area contributed by atoms with Crippen LogP contribution in [-0.4, -0.2) is 25.8 Å². The van der Waals surface area contributed by atoms with E-state index >= 15 is 0 Å². The number of halogens is 1. The van der Waals surface area contributed by atoms with E-state index in [1.54, 1.807) is 16.4 Å². The molecule has 0 unspecified atom stereocenters. The van der Waals surface area contributed by atoms with E-state index in [1.165, 1.54) is 16.9 Å². The molecule has 3 nitrogen and oxygen atoms in total. The molecule has 0 spiro atoms. The standard InChI is InChI=1S/C15H16BrNO2S2/c16-14-6-7-15(20-14)21(18,19)17-10-8-13(9-11-17)12-4-2-1-3-5-12/h1-7,13H,8-11H2. The van der Waals surface area contributed by atoms with E-state index in [2.05, 4.69) is 28.1 Å². The van der Waals surface area contributed by atoms with Crippen LogP contribution in [0.1, 0.15) is 24.3 Å². The molecule has 0 bridgehead atoms. The lowest BCUT2D eigenvalue weighted by molar-refractivity contribution is 0.320. The molecule has 1 aliphatic rings. The summed E-state index contributed by atoms with van der Waals surface area (Å²) >= 11 is 4.60. The lowest BCUT2D eigenvalue weighted by Crippen LogP contribution is -2.37. The minimum atomic E-state index is -3.32. The zero-order valence-corrected chi connectivity index (χ0v) is 14.6. The molecule has 2 heterocycles. The number of sulfonamides is 1. The highest BCUT2D eigenvalue weighted by molar-refractivity contribution is 9.11. The molecular formula is C15H16BrNO2S2. The predicted molar refractivity (Wildman–Crippen MR) is 89.2 cm³/mol. The van der Waals surface area contributed by atoms with Gasteiger partial charge in [-0.1, -0.05) is 30.3 Å². The van der Waals surface area contributed by atoms with Gasteiger partial charge < -0.3 is 0 Å². The topological polar surface area (TPSA) is 37.4 Å². The number of thiophene rings is 1. The Balaban J connectivity index is 1.71. The van der Waals surface area contributed by atoms with Crippen LogP contribution in [0, 0.1) is 0 Å². The van der Waals surface area contributed by atoms with E-state index in [9.17, 15) is 8.42 Å². The summed E-state index contributed by atoms with van der Waals surface area (Å²) in [4.78, 5) is 0. The molecular weight excluding hydrogens is 370 g/mol. The second-order valence-corrected chi connectivity index (χ2v) is 9.78. The maximum Gasteiger partial charge on any atom is 0.252 e. The largest absolute Gasteiger partial charge is 0.252 e. The molecule has 2 aromatic rings. The third kappa shape index (κ3) is 3.23. The third-order valence-corrected chi connectivity index (χ3v) is 7.86. The summed E-state index contributed by atoms with van der Waals surface area (Å²) in [6.07, 6.45) is 1.77. The van der Waals surface area contributed by atoms with Crippen LogP contribution in [0.15, 0.2) is 50.5 Å². The number of nitrogens with zero attached hydrogens (tertiary/aromatic N) is 1. The molecule has 1 aromatic heterocycles. The zero-order chi connectivity index (χ0) is 14.9. The first kappa shape index (κ1) is 15.2. The van der Waals surface area contributed by atoms with Gasteiger partial charge in [-0.2, -0.15) is 4.31 Å². The van der Waals surface area contributed by atoms with Gasteiger partial charge in [-0.15, -0.1) is 11.3 Å². The minimum absolute atomic E-state index is 0.424. The van der Waals surface area contributed by atoms with Crippen molar-refractivity contribution in [2.75, 3.05) is 13.1 Å². The summed E-state index contributed by atoms with van der Waals surface area (Å²) < 4.78 is 28.0. The lowest BCUT2D eigenvalue weighted by Gasteiger charge is -2.31. The average molecular weight is 386 g/mol. The molecule has 112 valence electrons. The Morgan fingerprint density at radius 1 is 1.05 bits per heavy atom. The Morgan fingerprint density at radius 3 is 2.29 bits per heavy atom. The summed E-state index contributed by atoms with van der Waals surface area (Å²) in [5.74, 6) is 0.465. The monoisotopic (exact) mass is 385 g/mol. The maximum atomic E-state index is 12.6. The van der Waals surface area contributed by atoms with E-state index in [-0.39, 0.29) is 0 Å². The Bertz CT molecular complexity index is 704. The zero-order valence-electron chi connectivity index (χ0n) is 11.4. The van der Waals surface area contributed by atoms with Gasteiger partial charge in [-0.3, -0.25) is 0 Å². The van der Waals surface area contributed by atoms with Crippen LogP contribution in [0.2, 0.25) is 0 Å². The van der Waals surface area contributed by atoms with Crippen molar-refractivity contribution >= 4 is 37.3 Å². The van der Waals surface area contributed by atoms with E-state index in [1.807, 2.05) is 18.2 Å². The van der Waals surface area contributed by atoms with Crippen LogP contribution in [0.4, 0.5) is 0 Å². The first-order valence-electron chi connectivity index (χ1n) is 6.88. The van der Waals surface area contributed by atoms with Gasteiger partial charge in [0.25, 0.3) is 10.0 Å². The molecule has 0 radical (unpaired) electrons. The van der Waals surface area contributed by atoms with Crippen LogP contribution in [-0.2, 0) is 10.0 Å². The SMILES string of the molecule is O=S(=O)(c1ccc(Br)s1)N1CCC(c2ccccc2)CC1. The molecule has 0 saturated carbocycles. The smallest absolute Gasteiger partial charge is 0.206 e. The molecule has 21 heavy (non-hydrogen) atoms. The van der Waals surface area contributed by atoms with Crippen molar-refractivity contribution in [2.24, 2.45) is 0 Å². The normalized spacial score (nSPS) is 18.0. The van der Waals surface area contributed by atoms with Crippen molar-refractivity contribution in [1.82, 2.24) is 4.31 Å². The van der Waals surface area contributed by atoms with E-state index in [0.717, 1.165) is 16.6 Å². The molecule has 0 amide bonds. The van der Waals surface area contributed by atoms with Crippen LogP contribution in [0.3, 0.4) is 0 Å². The summed E-state index contributed by atoms with van der Waals surface area (Å²) in [6, 6.07) is 13.8. The second-order valence-electron chi connectivity index (χ2n) is 5.15. The Morgan fingerprint density at radius 2 is 1.71 bits per heavy atom. The fraction of sp³-hybridized carbons (Fsp3) is 0.333. The molecule has 0 N–H and O–H groups in total. The van der Waals surface area contributed by atoms with Crippen molar-refractivity contribution < 1.29 is 8.42 Å². The Kier molecular flexibility index (Phi) is 4.49. The highest BCUT2D eigenvalue weighted by Crippen LogP contribution is 2.33. The number of piperidine rings is 1. The van der Waals surface area contributed by atoms with E-state index in [0.29, 0.717) is 23.2 Å².